The van der Waals surface area contributed by atoms with Crippen LogP contribution in [-0.4, -0.2) is 18.7 Å². The molecule has 0 saturated heterocycles. The van der Waals surface area contributed by atoms with Gasteiger partial charge < -0.3 is 4.57 Å². The number of rotatable bonds is 3. The van der Waals surface area contributed by atoms with Gasteiger partial charge in [0, 0.05) is 32.3 Å². The van der Waals surface area contributed by atoms with Crippen LogP contribution >= 0.6 is 0 Å². The maximum Gasteiger partial charge on any atom is 0.160 e. The van der Waals surface area contributed by atoms with Gasteiger partial charge in [0.25, 0.3) is 0 Å². The second kappa shape index (κ2) is 10.2. The summed E-state index contributed by atoms with van der Waals surface area (Å²) in [6, 6.07) is 54.3. The first kappa shape index (κ1) is 27.0. The zero-order valence-electron chi connectivity index (χ0n) is 26.0. The van der Waals surface area contributed by atoms with Gasteiger partial charge in [-0.05, 0) is 36.4 Å². The van der Waals surface area contributed by atoms with Crippen molar-refractivity contribution in [2.75, 3.05) is 0 Å². The fourth-order valence-corrected chi connectivity index (χ4v) is 7.77. The van der Waals surface area contributed by atoms with Crippen molar-refractivity contribution in [3.05, 3.63) is 157 Å². The Morgan fingerprint density at radius 1 is 0.347 bits per heavy atom. The van der Waals surface area contributed by atoms with Gasteiger partial charge in [-0.2, -0.15) is 10.5 Å². The Labute approximate surface area is 280 Å². The Balaban J connectivity index is 1.48. The lowest BCUT2D eigenvalue weighted by atomic mass is 10.1. The highest BCUT2D eigenvalue weighted by Crippen LogP contribution is 2.41. The van der Waals surface area contributed by atoms with E-state index >= 15 is 0 Å². The summed E-state index contributed by atoms with van der Waals surface area (Å²) < 4.78 is 6.25. The number of benzene rings is 6. The summed E-state index contributed by atoms with van der Waals surface area (Å²) >= 11 is 0. The van der Waals surface area contributed by atoms with E-state index in [1.165, 1.54) is 0 Å². The zero-order chi connectivity index (χ0) is 32.6. The van der Waals surface area contributed by atoms with Crippen molar-refractivity contribution < 1.29 is 0 Å². The number of nitriles is 2. The highest BCUT2D eigenvalue weighted by molar-refractivity contribution is 6.12. The van der Waals surface area contributed by atoms with E-state index in [4.69, 9.17) is 4.98 Å². The van der Waals surface area contributed by atoms with Crippen molar-refractivity contribution in [2.24, 2.45) is 0 Å². The van der Waals surface area contributed by atoms with Gasteiger partial charge in [0.2, 0.25) is 0 Å². The van der Waals surface area contributed by atoms with E-state index in [1.807, 2.05) is 72.8 Å². The average molecular weight is 625 g/mol. The van der Waals surface area contributed by atoms with Crippen molar-refractivity contribution in [3.63, 3.8) is 0 Å². The van der Waals surface area contributed by atoms with Gasteiger partial charge in [-0.3, -0.25) is 9.13 Å². The van der Waals surface area contributed by atoms with Crippen molar-refractivity contribution in [1.29, 1.82) is 10.5 Å². The van der Waals surface area contributed by atoms with Gasteiger partial charge in [0.15, 0.2) is 11.6 Å². The van der Waals surface area contributed by atoms with Gasteiger partial charge in [-0.1, -0.05) is 109 Å². The Kier molecular flexibility index (Phi) is 5.61. The van der Waals surface area contributed by atoms with Crippen LogP contribution in [0, 0.1) is 22.7 Å². The molecule has 0 unspecified atom stereocenters. The summed E-state index contributed by atoms with van der Waals surface area (Å²) in [5.41, 5.74) is 6.67. The molecule has 6 heteroatoms. The van der Waals surface area contributed by atoms with E-state index in [0.717, 1.165) is 65.4 Å². The standard InChI is InChI=1S/C43H24N6/c44-25-33-41(47-35-19-7-1-13-27(35)28-14-2-8-20-36(28)47)34(26-45)43(49-39-23-11-5-17-31(39)32-18-6-12-24-40(32)49)46-42(33)48-37-21-9-3-15-29(37)30-16-4-10-22-38(30)48/h1-24H. The highest BCUT2D eigenvalue weighted by atomic mass is 15.2. The molecule has 0 N–H and O–H groups in total. The van der Waals surface area contributed by atoms with Crippen LogP contribution in [0.1, 0.15) is 11.1 Å². The summed E-state index contributed by atoms with van der Waals surface area (Å²) in [7, 11) is 0. The van der Waals surface area contributed by atoms with Crippen LogP contribution in [0.4, 0.5) is 0 Å². The molecule has 0 saturated carbocycles. The molecule has 226 valence electrons. The molecule has 0 bridgehead atoms. The molecular weight excluding hydrogens is 601 g/mol. The maximum atomic E-state index is 11.2. The van der Waals surface area contributed by atoms with E-state index in [1.54, 1.807) is 0 Å². The third kappa shape index (κ3) is 3.60. The molecule has 10 rings (SSSR count). The molecule has 0 spiro atoms. The minimum Gasteiger partial charge on any atom is -0.306 e. The molecule has 4 heterocycles. The SMILES string of the molecule is N#Cc1c(-n2c3ccccc3c3ccccc32)nc(-n2c3ccccc3c3ccccc32)c(C#N)c1-n1c2ccccc2c2ccccc21. The predicted molar refractivity (Wildman–Crippen MR) is 197 cm³/mol. The lowest BCUT2D eigenvalue weighted by molar-refractivity contribution is 0.980. The maximum absolute atomic E-state index is 11.2. The molecule has 0 aliphatic carbocycles. The number of fused-ring (bicyclic) bond motifs is 9. The van der Waals surface area contributed by atoms with Gasteiger partial charge in [0.05, 0.1) is 38.8 Å². The lowest BCUT2D eigenvalue weighted by Gasteiger charge is -2.20. The monoisotopic (exact) mass is 624 g/mol. The molecule has 0 radical (unpaired) electrons. The molecule has 4 aromatic heterocycles. The quantitative estimate of drug-likeness (QED) is 0.196. The van der Waals surface area contributed by atoms with Crippen LogP contribution in [0.5, 0.6) is 0 Å². The molecule has 0 fully saturated rings. The van der Waals surface area contributed by atoms with Gasteiger partial charge in [0.1, 0.15) is 23.3 Å². The molecule has 0 aliphatic rings. The number of aromatic nitrogens is 4. The molecule has 6 nitrogen and oxygen atoms in total. The van der Waals surface area contributed by atoms with Crippen LogP contribution in [0.15, 0.2) is 146 Å². The Hall–Kier alpha value is -7.15. The second-order valence-corrected chi connectivity index (χ2v) is 12.2. The predicted octanol–water partition coefficient (Wildman–Crippen LogP) is 10.1. The molecule has 0 amide bonds. The average Bonchev–Trinajstić information content (AvgIpc) is 3.80. The minimum atomic E-state index is 0.319. The van der Waals surface area contributed by atoms with Crippen molar-refractivity contribution in [3.8, 4) is 29.5 Å². The third-order valence-electron chi connectivity index (χ3n) is 9.74. The first-order valence-corrected chi connectivity index (χ1v) is 16.1. The van der Waals surface area contributed by atoms with Crippen LogP contribution in [0.3, 0.4) is 0 Å². The topological polar surface area (TPSA) is 75.3 Å². The van der Waals surface area contributed by atoms with Gasteiger partial charge >= 0.3 is 0 Å². The molecule has 0 aliphatic heterocycles. The Morgan fingerprint density at radius 2 is 0.592 bits per heavy atom. The second-order valence-electron chi connectivity index (χ2n) is 12.2. The van der Waals surface area contributed by atoms with Gasteiger partial charge in [-0.15, -0.1) is 0 Å². The number of hydrogen-bond acceptors (Lipinski definition) is 3. The smallest absolute Gasteiger partial charge is 0.160 e. The van der Waals surface area contributed by atoms with Crippen molar-refractivity contribution in [1.82, 2.24) is 18.7 Å². The number of pyridine rings is 1. The third-order valence-corrected chi connectivity index (χ3v) is 9.74. The number of para-hydroxylation sites is 6. The van der Waals surface area contributed by atoms with E-state index in [0.29, 0.717) is 28.5 Å². The van der Waals surface area contributed by atoms with E-state index in [2.05, 4.69) is 98.6 Å². The van der Waals surface area contributed by atoms with E-state index in [-0.39, 0.29) is 0 Å². The molecule has 6 aromatic carbocycles. The summed E-state index contributed by atoms with van der Waals surface area (Å²) in [5, 5.41) is 28.8. The fourth-order valence-electron chi connectivity index (χ4n) is 7.77. The largest absolute Gasteiger partial charge is 0.306 e. The van der Waals surface area contributed by atoms with Crippen LogP contribution < -0.4 is 0 Å². The highest BCUT2D eigenvalue weighted by Gasteiger charge is 2.29. The molecular formula is C43H24N6. The number of nitrogens with zero attached hydrogens (tertiary/aromatic N) is 6. The summed E-state index contributed by atoms with van der Waals surface area (Å²) in [5.74, 6) is 0.931. The van der Waals surface area contributed by atoms with Crippen molar-refractivity contribution >= 4 is 65.4 Å². The first-order chi connectivity index (χ1) is 24.3. The zero-order valence-corrected chi connectivity index (χ0v) is 26.0. The Morgan fingerprint density at radius 3 is 0.857 bits per heavy atom. The van der Waals surface area contributed by atoms with E-state index < -0.39 is 0 Å². The summed E-state index contributed by atoms with van der Waals surface area (Å²) in [4.78, 5) is 5.40. The summed E-state index contributed by atoms with van der Waals surface area (Å²) in [6.07, 6.45) is 0. The van der Waals surface area contributed by atoms with Crippen molar-refractivity contribution in [2.45, 2.75) is 0 Å². The van der Waals surface area contributed by atoms with Crippen LogP contribution in [0.2, 0.25) is 0 Å². The minimum absolute atomic E-state index is 0.319. The lowest BCUT2D eigenvalue weighted by Crippen LogP contribution is -2.14. The molecule has 49 heavy (non-hydrogen) atoms. The summed E-state index contributed by atoms with van der Waals surface area (Å²) in [6.45, 7) is 0. The van der Waals surface area contributed by atoms with E-state index in [9.17, 15) is 10.5 Å². The van der Waals surface area contributed by atoms with Crippen LogP contribution in [0.25, 0.3) is 82.7 Å². The normalized spacial score (nSPS) is 11.6. The molecule has 0 atom stereocenters. The molecule has 10 aromatic rings. The Bertz CT molecular complexity index is 2780. The van der Waals surface area contributed by atoms with Gasteiger partial charge in [-0.25, -0.2) is 4.98 Å². The first-order valence-electron chi connectivity index (χ1n) is 16.1. The van der Waals surface area contributed by atoms with Crippen LogP contribution in [-0.2, 0) is 0 Å². The number of hydrogen-bond donors (Lipinski definition) is 0. The fraction of sp³-hybridized carbons (Fsp3) is 0.